The molecule has 1 nitrogen and oxygen atoms in total. The molecule has 2 rings (SSSR count). The predicted octanol–water partition coefficient (Wildman–Crippen LogP) is 5.22. The summed E-state index contributed by atoms with van der Waals surface area (Å²) in [7, 11) is 0. The van der Waals surface area contributed by atoms with Gasteiger partial charge in [0.2, 0.25) is 0 Å². The topological polar surface area (TPSA) is 12.9 Å². The molecule has 4 heteroatoms. The first-order valence-corrected chi connectivity index (χ1v) is 6.76. The minimum Gasteiger partial charge on any atom is -0.263 e. The lowest BCUT2D eigenvalue weighted by Gasteiger charge is -2.14. The quantitative estimate of drug-likeness (QED) is 0.708. The highest BCUT2D eigenvalue weighted by molar-refractivity contribution is 6.32. The molecule has 0 saturated heterocycles. The summed E-state index contributed by atoms with van der Waals surface area (Å²) in [4.78, 5) is 3.96. The highest BCUT2D eigenvalue weighted by atomic mass is 35.5. The van der Waals surface area contributed by atoms with E-state index in [4.69, 9.17) is 34.8 Å². The summed E-state index contributed by atoms with van der Waals surface area (Å²) in [5.74, 6) is 0. The molecule has 0 fully saturated rings. The lowest BCUT2D eigenvalue weighted by atomic mass is 10.0. The zero-order chi connectivity index (χ0) is 13.1. The van der Waals surface area contributed by atoms with E-state index in [2.05, 4.69) is 4.98 Å². The van der Waals surface area contributed by atoms with Crippen molar-refractivity contribution in [3.63, 3.8) is 0 Å². The fourth-order valence-electron chi connectivity index (χ4n) is 1.84. The number of hydrogen-bond donors (Lipinski definition) is 0. The van der Waals surface area contributed by atoms with Crippen molar-refractivity contribution in [2.24, 2.45) is 0 Å². The second-order valence-electron chi connectivity index (χ2n) is 4.09. The Balaban J connectivity index is 2.25. The van der Waals surface area contributed by atoms with E-state index in [0.717, 1.165) is 21.7 Å². The van der Waals surface area contributed by atoms with Gasteiger partial charge in [0.25, 0.3) is 0 Å². The number of hydrogen-bond acceptors (Lipinski definition) is 1. The summed E-state index contributed by atoms with van der Waals surface area (Å²) in [6.45, 7) is 1.97. The van der Waals surface area contributed by atoms with Crippen molar-refractivity contribution in [2.45, 2.75) is 18.7 Å². The van der Waals surface area contributed by atoms with Crippen LogP contribution in [-0.4, -0.2) is 4.98 Å². The third-order valence-electron chi connectivity index (χ3n) is 2.90. The lowest BCUT2D eigenvalue weighted by molar-refractivity contribution is 0.907. The van der Waals surface area contributed by atoms with Crippen LogP contribution in [0.3, 0.4) is 0 Å². The Kier molecular flexibility index (Phi) is 4.50. The Bertz CT molecular complexity index is 554. The standard InChI is InChI=1S/C14H12Cl3N/c1-9-11(3-2-4-12(9)15)13(16)7-10-5-6-18-8-14(10)17/h2-6,8,13H,7H2,1H3. The molecule has 1 atom stereocenters. The maximum atomic E-state index is 6.45. The van der Waals surface area contributed by atoms with Gasteiger partial charge < -0.3 is 0 Å². The molecule has 18 heavy (non-hydrogen) atoms. The Morgan fingerprint density at radius 2 is 1.94 bits per heavy atom. The van der Waals surface area contributed by atoms with Crippen molar-refractivity contribution < 1.29 is 0 Å². The molecule has 2 aromatic rings. The van der Waals surface area contributed by atoms with Crippen LogP contribution in [0.4, 0.5) is 0 Å². The second-order valence-corrected chi connectivity index (χ2v) is 5.43. The molecule has 0 bridgehead atoms. The van der Waals surface area contributed by atoms with E-state index < -0.39 is 0 Å². The normalized spacial score (nSPS) is 12.4. The molecule has 0 saturated carbocycles. The first kappa shape index (κ1) is 13.7. The Hall–Kier alpha value is -0.760. The molecule has 0 radical (unpaired) electrons. The first-order valence-electron chi connectivity index (χ1n) is 5.57. The lowest BCUT2D eigenvalue weighted by Crippen LogP contribution is -1.99. The van der Waals surface area contributed by atoms with E-state index in [1.165, 1.54) is 0 Å². The molecule has 1 aromatic carbocycles. The third kappa shape index (κ3) is 2.97. The fourth-order valence-corrected chi connectivity index (χ4v) is 2.62. The molecule has 0 spiro atoms. The number of alkyl halides is 1. The van der Waals surface area contributed by atoms with Crippen LogP contribution >= 0.6 is 34.8 Å². The Labute approximate surface area is 122 Å². The van der Waals surface area contributed by atoms with E-state index in [-0.39, 0.29) is 5.38 Å². The maximum Gasteiger partial charge on any atom is 0.0629 e. The van der Waals surface area contributed by atoms with Crippen molar-refractivity contribution in [3.05, 3.63) is 63.4 Å². The van der Waals surface area contributed by atoms with E-state index in [1.807, 2.05) is 31.2 Å². The minimum absolute atomic E-state index is 0.149. The van der Waals surface area contributed by atoms with Crippen LogP contribution in [0.25, 0.3) is 0 Å². The summed E-state index contributed by atoms with van der Waals surface area (Å²) < 4.78 is 0. The summed E-state index contributed by atoms with van der Waals surface area (Å²) in [6.07, 6.45) is 4.01. The molecule has 0 amide bonds. The van der Waals surface area contributed by atoms with Gasteiger partial charge in [-0.15, -0.1) is 11.6 Å². The molecule has 0 N–H and O–H groups in total. The number of nitrogens with zero attached hydrogens (tertiary/aromatic N) is 1. The van der Waals surface area contributed by atoms with Gasteiger partial charge in [0, 0.05) is 17.4 Å². The number of aromatic nitrogens is 1. The molecule has 1 unspecified atom stereocenters. The maximum absolute atomic E-state index is 6.45. The zero-order valence-corrected chi connectivity index (χ0v) is 12.1. The third-order valence-corrected chi connectivity index (χ3v) is 4.04. The highest BCUT2D eigenvalue weighted by Crippen LogP contribution is 2.32. The number of pyridine rings is 1. The van der Waals surface area contributed by atoms with Gasteiger partial charge in [-0.25, -0.2) is 0 Å². The van der Waals surface area contributed by atoms with Crippen molar-refractivity contribution in [3.8, 4) is 0 Å². The average molecular weight is 301 g/mol. The zero-order valence-electron chi connectivity index (χ0n) is 9.83. The van der Waals surface area contributed by atoms with Gasteiger partial charge in [-0.05, 0) is 42.2 Å². The van der Waals surface area contributed by atoms with Crippen molar-refractivity contribution in [1.82, 2.24) is 4.98 Å². The number of rotatable bonds is 3. The summed E-state index contributed by atoms with van der Waals surface area (Å²) >= 11 is 18.6. The van der Waals surface area contributed by atoms with Gasteiger partial charge >= 0.3 is 0 Å². The van der Waals surface area contributed by atoms with Crippen LogP contribution in [0.5, 0.6) is 0 Å². The second kappa shape index (κ2) is 5.92. The minimum atomic E-state index is -0.149. The number of benzene rings is 1. The molecule has 1 heterocycles. The molecular formula is C14H12Cl3N. The summed E-state index contributed by atoms with van der Waals surface area (Å²) in [5, 5.41) is 1.23. The van der Waals surface area contributed by atoms with E-state index >= 15 is 0 Å². The molecular weight excluding hydrogens is 289 g/mol. The monoisotopic (exact) mass is 299 g/mol. The first-order chi connectivity index (χ1) is 8.59. The van der Waals surface area contributed by atoms with Gasteiger partial charge in [0.05, 0.1) is 10.4 Å². The molecule has 0 aliphatic rings. The molecule has 0 aliphatic heterocycles. The van der Waals surface area contributed by atoms with Gasteiger partial charge in [-0.1, -0.05) is 35.3 Å². The Morgan fingerprint density at radius 3 is 2.67 bits per heavy atom. The number of halogens is 3. The smallest absolute Gasteiger partial charge is 0.0629 e. The summed E-state index contributed by atoms with van der Waals surface area (Å²) in [6, 6.07) is 7.66. The van der Waals surface area contributed by atoms with Crippen molar-refractivity contribution in [1.29, 1.82) is 0 Å². The van der Waals surface area contributed by atoms with Crippen LogP contribution in [0.1, 0.15) is 22.1 Å². The average Bonchev–Trinajstić information content (AvgIpc) is 2.35. The summed E-state index contributed by atoms with van der Waals surface area (Å²) in [5.41, 5.74) is 3.05. The Morgan fingerprint density at radius 1 is 1.17 bits per heavy atom. The highest BCUT2D eigenvalue weighted by Gasteiger charge is 2.14. The van der Waals surface area contributed by atoms with E-state index in [9.17, 15) is 0 Å². The fraction of sp³-hybridized carbons (Fsp3) is 0.214. The van der Waals surface area contributed by atoms with Gasteiger partial charge in [-0.2, -0.15) is 0 Å². The van der Waals surface area contributed by atoms with Crippen LogP contribution in [0.15, 0.2) is 36.7 Å². The van der Waals surface area contributed by atoms with Gasteiger partial charge in [0.1, 0.15) is 0 Å². The van der Waals surface area contributed by atoms with Crippen LogP contribution in [0, 0.1) is 6.92 Å². The van der Waals surface area contributed by atoms with Gasteiger partial charge in [-0.3, -0.25) is 4.98 Å². The van der Waals surface area contributed by atoms with Crippen LogP contribution < -0.4 is 0 Å². The molecule has 1 aromatic heterocycles. The van der Waals surface area contributed by atoms with Gasteiger partial charge in [0.15, 0.2) is 0 Å². The largest absolute Gasteiger partial charge is 0.263 e. The molecule has 94 valence electrons. The SMILES string of the molecule is Cc1c(Cl)cccc1C(Cl)Cc1ccncc1Cl. The molecule has 0 aliphatic carbocycles. The predicted molar refractivity (Wildman–Crippen MR) is 77.7 cm³/mol. The van der Waals surface area contributed by atoms with Crippen molar-refractivity contribution in [2.75, 3.05) is 0 Å². The van der Waals surface area contributed by atoms with Crippen LogP contribution in [0.2, 0.25) is 10.0 Å². The van der Waals surface area contributed by atoms with E-state index in [0.29, 0.717) is 11.4 Å². The van der Waals surface area contributed by atoms with E-state index in [1.54, 1.807) is 12.4 Å². The van der Waals surface area contributed by atoms with Crippen molar-refractivity contribution >= 4 is 34.8 Å². The van der Waals surface area contributed by atoms with Crippen LogP contribution in [-0.2, 0) is 6.42 Å².